The van der Waals surface area contributed by atoms with Crippen LogP contribution in [0, 0.1) is 12.7 Å². The fraction of sp³-hybridized carbons (Fsp3) is 0.455. The van der Waals surface area contributed by atoms with Gasteiger partial charge in [-0.2, -0.15) is 0 Å². The highest BCUT2D eigenvalue weighted by atomic mass is 32.2. The van der Waals surface area contributed by atoms with Gasteiger partial charge in [0.25, 0.3) is 0 Å². The van der Waals surface area contributed by atoms with Crippen LogP contribution in [-0.4, -0.2) is 39.9 Å². The number of hydrogen-bond acceptors (Lipinski definition) is 5. The number of methoxy groups -OCH3 is 1. The molecule has 0 aliphatic carbocycles. The number of halogens is 1. The van der Waals surface area contributed by atoms with E-state index in [1.807, 2.05) is 0 Å². The van der Waals surface area contributed by atoms with Crippen molar-refractivity contribution < 1.29 is 22.7 Å². The van der Waals surface area contributed by atoms with Crippen LogP contribution >= 0.6 is 0 Å². The molecule has 1 atom stereocenters. The maximum absolute atomic E-state index is 13.7. The molecule has 0 spiro atoms. The van der Waals surface area contributed by atoms with Gasteiger partial charge in [0.05, 0.1) is 19.3 Å². The highest BCUT2D eigenvalue weighted by Gasteiger charge is 2.23. The number of aliphatic hydroxyl groups excluding tert-OH is 1. The SMILES string of the molecule is COCC(CO)NS(=O)(=O)c1cc(N)c(C)cc1F. The Hall–Kier alpha value is -1.22. The molecule has 0 aromatic heterocycles. The number of anilines is 1. The van der Waals surface area contributed by atoms with Gasteiger partial charge in [-0.1, -0.05) is 0 Å². The first-order chi connectivity index (χ1) is 8.81. The van der Waals surface area contributed by atoms with Crippen molar-refractivity contribution in [3.8, 4) is 0 Å². The number of sulfonamides is 1. The lowest BCUT2D eigenvalue weighted by atomic mass is 10.2. The van der Waals surface area contributed by atoms with E-state index in [4.69, 9.17) is 15.6 Å². The summed E-state index contributed by atoms with van der Waals surface area (Å²) < 4.78 is 44.6. The number of nitrogen functional groups attached to an aromatic ring is 1. The van der Waals surface area contributed by atoms with E-state index in [0.29, 0.717) is 5.56 Å². The average Bonchev–Trinajstić information content (AvgIpc) is 2.32. The molecule has 0 bridgehead atoms. The normalized spacial score (nSPS) is 13.5. The average molecular weight is 292 g/mol. The third-order valence-electron chi connectivity index (χ3n) is 2.52. The maximum atomic E-state index is 13.7. The van der Waals surface area contributed by atoms with Crippen LogP contribution in [0.4, 0.5) is 10.1 Å². The highest BCUT2D eigenvalue weighted by molar-refractivity contribution is 7.89. The second-order valence-electron chi connectivity index (χ2n) is 4.10. The summed E-state index contributed by atoms with van der Waals surface area (Å²) in [7, 11) is -2.75. The smallest absolute Gasteiger partial charge is 0.243 e. The summed E-state index contributed by atoms with van der Waals surface area (Å²) in [5, 5.41) is 9.01. The minimum atomic E-state index is -4.11. The van der Waals surface area contributed by atoms with Crippen LogP contribution in [0.15, 0.2) is 17.0 Å². The first kappa shape index (κ1) is 15.8. The summed E-state index contributed by atoms with van der Waals surface area (Å²) in [4.78, 5) is -0.551. The summed E-state index contributed by atoms with van der Waals surface area (Å²) in [5.74, 6) is -0.895. The van der Waals surface area contributed by atoms with Gasteiger partial charge >= 0.3 is 0 Å². The molecule has 0 aliphatic rings. The van der Waals surface area contributed by atoms with Gasteiger partial charge in [0, 0.05) is 12.8 Å². The predicted octanol–water partition coefficient (Wildman–Crippen LogP) is 0.00192. The molecule has 8 heteroatoms. The summed E-state index contributed by atoms with van der Waals surface area (Å²) in [6, 6.07) is 1.25. The van der Waals surface area contributed by atoms with Crippen molar-refractivity contribution in [2.45, 2.75) is 17.9 Å². The largest absolute Gasteiger partial charge is 0.398 e. The van der Waals surface area contributed by atoms with Crippen molar-refractivity contribution >= 4 is 15.7 Å². The standard InChI is InChI=1S/C11H17FN2O4S/c1-7-3-9(12)11(4-10(7)13)19(16,17)14-8(5-15)6-18-2/h3-4,8,14-15H,5-6,13H2,1-2H3. The van der Waals surface area contributed by atoms with Crippen molar-refractivity contribution in [3.05, 3.63) is 23.5 Å². The maximum Gasteiger partial charge on any atom is 0.243 e. The van der Waals surface area contributed by atoms with E-state index in [0.717, 1.165) is 12.1 Å². The van der Waals surface area contributed by atoms with Gasteiger partial charge in [-0.05, 0) is 24.6 Å². The van der Waals surface area contributed by atoms with Crippen molar-refractivity contribution in [1.29, 1.82) is 0 Å². The molecule has 19 heavy (non-hydrogen) atoms. The molecule has 0 saturated heterocycles. The monoisotopic (exact) mass is 292 g/mol. The van der Waals surface area contributed by atoms with Crippen LogP contribution in [-0.2, 0) is 14.8 Å². The Labute approximate surface area is 111 Å². The lowest BCUT2D eigenvalue weighted by Crippen LogP contribution is -2.40. The number of benzene rings is 1. The van der Waals surface area contributed by atoms with Crippen LogP contribution in [0.3, 0.4) is 0 Å². The Morgan fingerprint density at radius 3 is 2.68 bits per heavy atom. The lowest BCUT2D eigenvalue weighted by Gasteiger charge is -2.16. The number of rotatable bonds is 6. The number of hydrogen-bond donors (Lipinski definition) is 3. The molecule has 0 heterocycles. The Morgan fingerprint density at radius 1 is 1.53 bits per heavy atom. The topological polar surface area (TPSA) is 102 Å². The third-order valence-corrected chi connectivity index (χ3v) is 4.06. The van der Waals surface area contributed by atoms with Gasteiger partial charge < -0.3 is 15.6 Å². The van der Waals surface area contributed by atoms with Crippen LogP contribution in [0.2, 0.25) is 0 Å². The van der Waals surface area contributed by atoms with Crippen LogP contribution < -0.4 is 10.5 Å². The number of ether oxygens (including phenoxy) is 1. The van der Waals surface area contributed by atoms with E-state index < -0.39 is 33.4 Å². The number of nitrogens with two attached hydrogens (primary N) is 1. The van der Waals surface area contributed by atoms with E-state index in [9.17, 15) is 12.8 Å². The first-order valence-corrected chi connectivity index (χ1v) is 6.98. The molecule has 1 rings (SSSR count). The molecule has 0 fully saturated rings. The first-order valence-electron chi connectivity index (χ1n) is 5.49. The van der Waals surface area contributed by atoms with Crippen LogP contribution in [0.25, 0.3) is 0 Å². The number of aryl methyl sites for hydroxylation is 1. The molecule has 0 radical (unpaired) electrons. The quantitative estimate of drug-likeness (QED) is 0.641. The summed E-state index contributed by atoms with van der Waals surface area (Å²) in [6.07, 6.45) is 0. The summed E-state index contributed by atoms with van der Waals surface area (Å²) in [6.45, 7) is 1.08. The van der Waals surface area contributed by atoms with Gasteiger partial charge in [-0.25, -0.2) is 17.5 Å². The summed E-state index contributed by atoms with van der Waals surface area (Å²) >= 11 is 0. The van der Waals surface area contributed by atoms with Crippen molar-refractivity contribution in [3.63, 3.8) is 0 Å². The van der Waals surface area contributed by atoms with E-state index in [1.165, 1.54) is 7.11 Å². The van der Waals surface area contributed by atoms with Crippen molar-refractivity contribution in [2.24, 2.45) is 0 Å². The molecule has 0 aliphatic heterocycles. The molecule has 6 nitrogen and oxygen atoms in total. The summed E-state index contributed by atoms with van der Waals surface area (Å²) in [5.41, 5.74) is 6.20. The molecule has 108 valence electrons. The fourth-order valence-electron chi connectivity index (χ4n) is 1.48. The van der Waals surface area contributed by atoms with Gasteiger partial charge in [-0.15, -0.1) is 0 Å². The Bertz CT molecular complexity index is 548. The Kier molecular flexibility index (Phi) is 5.24. The van der Waals surface area contributed by atoms with Gasteiger partial charge in [0.2, 0.25) is 10.0 Å². The second kappa shape index (κ2) is 6.29. The minimum Gasteiger partial charge on any atom is -0.398 e. The molecule has 0 amide bonds. The minimum absolute atomic E-state index is 0.0291. The Balaban J connectivity index is 3.10. The van der Waals surface area contributed by atoms with Gasteiger partial charge in [-0.3, -0.25) is 0 Å². The van der Waals surface area contributed by atoms with Crippen molar-refractivity contribution in [2.75, 3.05) is 26.1 Å². The zero-order valence-electron chi connectivity index (χ0n) is 10.7. The molecular formula is C11H17FN2O4S. The fourth-order valence-corrected chi connectivity index (χ4v) is 2.79. The van der Waals surface area contributed by atoms with Gasteiger partial charge in [0.1, 0.15) is 10.7 Å². The van der Waals surface area contributed by atoms with Crippen LogP contribution in [0.1, 0.15) is 5.56 Å². The zero-order valence-corrected chi connectivity index (χ0v) is 11.5. The zero-order chi connectivity index (χ0) is 14.6. The molecular weight excluding hydrogens is 275 g/mol. The van der Waals surface area contributed by atoms with E-state index in [2.05, 4.69) is 4.72 Å². The molecule has 4 N–H and O–H groups in total. The van der Waals surface area contributed by atoms with Crippen molar-refractivity contribution in [1.82, 2.24) is 4.72 Å². The third kappa shape index (κ3) is 3.87. The second-order valence-corrected chi connectivity index (χ2v) is 5.78. The van der Waals surface area contributed by atoms with E-state index >= 15 is 0 Å². The van der Waals surface area contributed by atoms with E-state index in [-0.39, 0.29) is 12.3 Å². The molecule has 1 unspecified atom stereocenters. The molecule has 1 aromatic carbocycles. The predicted molar refractivity (Wildman–Crippen MR) is 68.6 cm³/mol. The highest BCUT2D eigenvalue weighted by Crippen LogP contribution is 2.21. The Morgan fingerprint density at radius 2 is 2.16 bits per heavy atom. The lowest BCUT2D eigenvalue weighted by molar-refractivity contribution is 0.139. The van der Waals surface area contributed by atoms with Gasteiger partial charge in [0.15, 0.2) is 0 Å². The number of aliphatic hydroxyl groups is 1. The van der Waals surface area contributed by atoms with E-state index in [1.54, 1.807) is 6.92 Å². The molecule has 1 aromatic rings. The number of nitrogens with one attached hydrogen (secondary N) is 1. The van der Waals surface area contributed by atoms with Crippen LogP contribution in [0.5, 0.6) is 0 Å². The molecule has 0 saturated carbocycles.